The molecule has 2 nitrogen and oxygen atoms in total. The average molecular weight is 353 g/mol. The molecule has 0 aliphatic heterocycles. The summed E-state index contributed by atoms with van der Waals surface area (Å²) in [5.74, 6) is -2.34. The number of benzene rings is 1. The lowest BCUT2D eigenvalue weighted by Gasteiger charge is -2.07. The van der Waals surface area contributed by atoms with E-state index in [2.05, 4.69) is 5.32 Å². The first-order chi connectivity index (χ1) is 8.06. The molecule has 0 radical (unpaired) electrons. The third-order valence-electron chi connectivity index (χ3n) is 2.08. The van der Waals surface area contributed by atoms with Gasteiger partial charge in [-0.05, 0) is 34.7 Å². The summed E-state index contributed by atoms with van der Waals surface area (Å²) in [4.78, 5) is 0. The molecule has 1 heterocycles. The molecule has 2 aromatic rings. The van der Waals surface area contributed by atoms with Crippen molar-refractivity contribution < 1.29 is 17.6 Å². The second-order valence-electron chi connectivity index (χ2n) is 3.30. The standard InChI is InChI=1S/C11H7F3INO/c12-6-3-8(13)11(9(14)4-6)16-5-7-1-2-10(15)17-7/h1-4,16H,5H2. The summed E-state index contributed by atoms with van der Waals surface area (Å²) in [5.41, 5.74) is -0.363. The van der Waals surface area contributed by atoms with Crippen molar-refractivity contribution in [3.05, 3.63) is 51.2 Å². The van der Waals surface area contributed by atoms with Crippen LogP contribution in [0.4, 0.5) is 18.9 Å². The first-order valence-electron chi connectivity index (χ1n) is 4.69. The van der Waals surface area contributed by atoms with E-state index >= 15 is 0 Å². The first-order valence-corrected chi connectivity index (χ1v) is 5.77. The Hall–Kier alpha value is -1.18. The van der Waals surface area contributed by atoms with Crippen molar-refractivity contribution in [1.29, 1.82) is 0 Å². The van der Waals surface area contributed by atoms with Crippen molar-refractivity contribution in [3.63, 3.8) is 0 Å². The third kappa shape index (κ3) is 2.93. The fourth-order valence-corrected chi connectivity index (χ4v) is 1.80. The van der Waals surface area contributed by atoms with Crippen LogP contribution in [0, 0.1) is 21.2 Å². The van der Waals surface area contributed by atoms with Crippen LogP contribution in [0.25, 0.3) is 0 Å². The van der Waals surface area contributed by atoms with E-state index < -0.39 is 17.5 Å². The van der Waals surface area contributed by atoms with E-state index in [0.717, 1.165) is 0 Å². The molecule has 0 aliphatic carbocycles. The minimum absolute atomic E-state index is 0.127. The maximum Gasteiger partial charge on any atom is 0.164 e. The van der Waals surface area contributed by atoms with Crippen LogP contribution in [0.1, 0.15) is 5.76 Å². The summed E-state index contributed by atoms with van der Waals surface area (Å²) in [6.45, 7) is 0.127. The van der Waals surface area contributed by atoms with E-state index in [9.17, 15) is 13.2 Å². The highest BCUT2D eigenvalue weighted by Crippen LogP contribution is 2.21. The quantitative estimate of drug-likeness (QED) is 0.847. The second-order valence-corrected chi connectivity index (χ2v) is 4.37. The smallest absolute Gasteiger partial charge is 0.164 e. The Morgan fingerprint density at radius 1 is 1.12 bits per heavy atom. The lowest BCUT2D eigenvalue weighted by Crippen LogP contribution is -2.03. The van der Waals surface area contributed by atoms with E-state index in [1.807, 2.05) is 22.6 Å². The van der Waals surface area contributed by atoms with Crippen LogP contribution in [0.2, 0.25) is 0 Å². The Morgan fingerprint density at radius 3 is 2.29 bits per heavy atom. The zero-order valence-corrected chi connectivity index (χ0v) is 10.6. The highest BCUT2D eigenvalue weighted by atomic mass is 127. The second kappa shape index (κ2) is 4.99. The van der Waals surface area contributed by atoms with E-state index in [0.29, 0.717) is 21.7 Å². The van der Waals surface area contributed by atoms with Crippen molar-refractivity contribution in [2.24, 2.45) is 0 Å². The Morgan fingerprint density at radius 2 is 1.76 bits per heavy atom. The van der Waals surface area contributed by atoms with Gasteiger partial charge in [-0.15, -0.1) is 0 Å². The Bertz CT molecular complexity index is 518. The topological polar surface area (TPSA) is 25.2 Å². The Balaban J connectivity index is 2.14. The van der Waals surface area contributed by atoms with Gasteiger partial charge in [0.05, 0.1) is 6.54 Å². The molecule has 0 bridgehead atoms. The van der Waals surface area contributed by atoms with Gasteiger partial charge in [0.1, 0.15) is 17.3 Å². The van der Waals surface area contributed by atoms with Crippen molar-refractivity contribution >= 4 is 28.3 Å². The van der Waals surface area contributed by atoms with Crippen LogP contribution in [-0.4, -0.2) is 0 Å². The molecule has 90 valence electrons. The van der Waals surface area contributed by atoms with E-state index in [4.69, 9.17) is 4.42 Å². The van der Waals surface area contributed by atoms with Crippen LogP contribution in [0.15, 0.2) is 28.7 Å². The molecule has 1 aromatic carbocycles. The summed E-state index contributed by atoms with van der Waals surface area (Å²) in [6, 6.07) is 4.66. The van der Waals surface area contributed by atoms with Gasteiger partial charge in [0.25, 0.3) is 0 Å². The summed E-state index contributed by atoms with van der Waals surface area (Å²) >= 11 is 1.98. The summed E-state index contributed by atoms with van der Waals surface area (Å²) in [7, 11) is 0. The minimum atomic E-state index is -0.969. The van der Waals surface area contributed by atoms with Crippen LogP contribution in [0.3, 0.4) is 0 Å². The molecule has 0 atom stereocenters. The number of nitrogens with one attached hydrogen (secondary N) is 1. The molecule has 1 N–H and O–H groups in total. The Labute approximate surface area is 109 Å². The summed E-state index contributed by atoms with van der Waals surface area (Å²) in [6.07, 6.45) is 0. The number of hydrogen-bond donors (Lipinski definition) is 1. The van der Waals surface area contributed by atoms with Gasteiger partial charge in [-0.2, -0.15) is 0 Å². The minimum Gasteiger partial charge on any atom is -0.454 e. The molecule has 17 heavy (non-hydrogen) atoms. The number of rotatable bonds is 3. The van der Waals surface area contributed by atoms with Gasteiger partial charge in [0.15, 0.2) is 15.4 Å². The molecular formula is C11H7F3INO. The molecule has 2 rings (SSSR count). The molecule has 0 aliphatic rings. The van der Waals surface area contributed by atoms with Gasteiger partial charge in [0.2, 0.25) is 0 Å². The summed E-state index contributed by atoms with van der Waals surface area (Å²) < 4.78 is 45.0. The van der Waals surface area contributed by atoms with Crippen molar-refractivity contribution in [2.75, 3.05) is 5.32 Å². The number of furan rings is 1. The molecule has 1 aromatic heterocycles. The fourth-order valence-electron chi connectivity index (χ4n) is 1.33. The third-order valence-corrected chi connectivity index (χ3v) is 2.65. The molecule has 0 spiro atoms. The van der Waals surface area contributed by atoms with Crippen molar-refractivity contribution in [2.45, 2.75) is 6.54 Å². The van der Waals surface area contributed by atoms with Crippen molar-refractivity contribution in [3.8, 4) is 0 Å². The van der Waals surface area contributed by atoms with Gasteiger partial charge in [-0.3, -0.25) is 0 Å². The zero-order valence-electron chi connectivity index (χ0n) is 8.44. The van der Waals surface area contributed by atoms with Gasteiger partial charge in [-0.25, -0.2) is 13.2 Å². The normalized spacial score (nSPS) is 10.6. The van der Waals surface area contributed by atoms with Gasteiger partial charge in [-0.1, -0.05) is 0 Å². The molecule has 0 fully saturated rings. The molecule has 0 saturated carbocycles. The zero-order chi connectivity index (χ0) is 12.4. The van der Waals surface area contributed by atoms with Gasteiger partial charge in [0, 0.05) is 12.1 Å². The Kier molecular flexibility index (Phi) is 3.60. The molecular weight excluding hydrogens is 346 g/mol. The van der Waals surface area contributed by atoms with E-state index in [-0.39, 0.29) is 12.2 Å². The monoisotopic (exact) mass is 353 g/mol. The lowest BCUT2D eigenvalue weighted by molar-refractivity contribution is 0.490. The first kappa shape index (κ1) is 12.3. The molecule has 0 unspecified atom stereocenters. The SMILES string of the molecule is Fc1cc(F)c(NCc2ccc(I)o2)c(F)c1. The van der Waals surface area contributed by atoms with E-state index in [1.165, 1.54) is 0 Å². The predicted octanol–water partition coefficient (Wildman–Crippen LogP) is 3.91. The van der Waals surface area contributed by atoms with Crippen LogP contribution < -0.4 is 5.32 Å². The lowest BCUT2D eigenvalue weighted by atomic mass is 10.2. The van der Waals surface area contributed by atoms with Crippen LogP contribution in [0.5, 0.6) is 0 Å². The number of hydrogen-bond acceptors (Lipinski definition) is 2. The molecule has 6 heteroatoms. The maximum absolute atomic E-state index is 13.2. The van der Waals surface area contributed by atoms with Gasteiger partial charge >= 0.3 is 0 Å². The average Bonchev–Trinajstić information content (AvgIpc) is 2.62. The summed E-state index contributed by atoms with van der Waals surface area (Å²) in [5, 5.41) is 2.52. The number of anilines is 1. The van der Waals surface area contributed by atoms with Gasteiger partial charge < -0.3 is 9.73 Å². The van der Waals surface area contributed by atoms with Crippen molar-refractivity contribution in [1.82, 2.24) is 0 Å². The fraction of sp³-hybridized carbons (Fsp3) is 0.0909. The molecule has 0 amide bonds. The molecule has 0 saturated heterocycles. The maximum atomic E-state index is 13.2. The number of halogens is 4. The van der Waals surface area contributed by atoms with Crippen LogP contribution >= 0.6 is 22.6 Å². The largest absolute Gasteiger partial charge is 0.454 e. The van der Waals surface area contributed by atoms with Crippen LogP contribution in [-0.2, 0) is 6.54 Å². The highest BCUT2D eigenvalue weighted by molar-refractivity contribution is 14.1. The predicted molar refractivity (Wildman–Crippen MR) is 65.1 cm³/mol. The highest BCUT2D eigenvalue weighted by Gasteiger charge is 2.11. The van der Waals surface area contributed by atoms with E-state index in [1.54, 1.807) is 12.1 Å².